The molecule has 0 aromatic heterocycles. The molecule has 1 N–H and O–H groups in total. The second-order valence-corrected chi connectivity index (χ2v) is 5.13. The Hall–Kier alpha value is -1.03. The van der Waals surface area contributed by atoms with Crippen LogP contribution in [-0.2, 0) is 6.18 Å². The molecule has 0 heterocycles. The molecular weight excluding hydrogens is 263 g/mol. The van der Waals surface area contributed by atoms with Gasteiger partial charge >= 0.3 is 6.18 Å². The van der Waals surface area contributed by atoms with Gasteiger partial charge in [0.1, 0.15) is 0 Å². The van der Waals surface area contributed by atoms with Crippen LogP contribution in [-0.4, -0.2) is 6.54 Å². The Morgan fingerprint density at radius 3 is 2.45 bits per heavy atom. The number of hydrogen-bond donors (Lipinski definition) is 1. The highest BCUT2D eigenvalue weighted by Gasteiger charge is 2.30. The first kappa shape index (κ1) is 17.0. The Balaban J connectivity index is 2.83. The predicted octanol–water partition coefficient (Wildman–Crippen LogP) is 5.33. The molecule has 0 aliphatic rings. The van der Waals surface area contributed by atoms with Crippen molar-refractivity contribution >= 4 is 0 Å². The third-order valence-electron chi connectivity index (χ3n) is 3.35. The van der Waals surface area contributed by atoms with E-state index < -0.39 is 11.7 Å². The highest BCUT2D eigenvalue weighted by molar-refractivity contribution is 5.28. The fourth-order valence-corrected chi connectivity index (χ4v) is 2.24. The maximum absolute atomic E-state index is 12.8. The van der Waals surface area contributed by atoms with Gasteiger partial charge in [0, 0.05) is 6.04 Å². The highest BCUT2D eigenvalue weighted by atomic mass is 19.4. The van der Waals surface area contributed by atoms with Crippen LogP contribution in [0.15, 0.2) is 24.3 Å². The summed E-state index contributed by atoms with van der Waals surface area (Å²) in [5.74, 6) is 0. The largest absolute Gasteiger partial charge is 0.416 e. The summed E-state index contributed by atoms with van der Waals surface area (Å²) in [5, 5.41) is 3.36. The Morgan fingerprint density at radius 2 is 1.85 bits per heavy atom. The van der Waals surface area contributed by atoms with E-state index in [1.165, 1.54) is 12.1 Å². The van der Waals surface area contributed by atoms with Crippen LogP contribution >= 0.6 is 0 Å². The smallest absolute Gasteiger partial charge is 0.310 e. The van der Waals surface area contributed by atoms with Crippen LogP contribution < -0.4 is 5.32 Å². The van der Waals surface area contributed by atoms with Gasteiger partial charge in [-0.15, -0.1) is 0 Å². The van der Waals surface area contributed by atoms with Crippen molar-refractivity contribution < 1.29 is 13.2 Å². The third kappa shape index (κ3) is 5.53. The molecule has 0 spiro atoms. The first-order valence-corrected chi connectivity index (χ1v) is 7.39. The quantitative estimate of drug-likeness (QED) is 0.637. The number of alkyl halides is 3. The number of hydrogen-bond acceptors (Lipinski definition) is 1. The molecule has 20 heavy (non-hydrogen) atoms. The lowest BCUT2D eigenvalue weighted by Gasteiger charge is -2.20. The van der Waals surface area contributed by atoms with E-state index in [0.29, 0.717) is 0 Å². The zero-order valence-electron chi connectivity index (χ0n) is 12.3. The number of nitrogens with one attached hydrogen (secondary N) is 1. The van der Waals surface area contributed by atoms with Gasteiger partial charge in [-0.2, -0.15) is 13.2 Å². The number of unbranched alkanes of at least 4 members (excludes halogenated alkanes) is 2. The van der Waals surface area contributed by atoms with E-state index in [9.17, 15) is 13.2 Å². The van der Waals surface area contributed by atoms with Gasteiger partial charge in [-0.25, -0.2) is 0 Å². The first-order valence-electron chi connectivity index (χ1n) is 7.39. The summed E-state index contributed by atoms with van der Waals surface area (Å²) in [6, 6.07) is 5.71. The van der Waals surface area contributed by atoms with Crippen molar-refractivity contribution in [2.45, 2.75) is 58.2 Å². The van der Waals surface area contributed by atoms with E-state index in [1.807, 2.05) is 0 Å². The Labute approximate surface area is 119 Å². The number of benzene rings is 1. The summed E-state index contributed by atoms with van der Waals surface area (Å²) in [5.41, 5.74) is 0.179. The summed E-state index contributed by atoms with van der Waals surface area (Å²) in [6.07, 6.45) is 0.855. The van der Waals surface area contributed by atoms with E-state index in [0.717, 1.165) is 50.3 Å². The van der Waals surface area contributed by atoms with Gasteiger partial charge in [-0.1, -0.05) is 45.2 Å². The molecule has 0 saturated carbocycles. The van der Waals surface area contributed by atoms with Gasteiger partial charge in [0.15, 0.2) is 0 Å². The predicted molar refractivity (Wildman–Crippen MR) is 76.6 cm³/mol. The molecule has 1 aromatic carbocycles. The lowest BCUT2D eigenvalue weighted by molar-refractivity contribution is -0.137. The van der Waals surface area contributed by atoms with Crippen molar-refractivity contribution in [3.05, 3.63) is 35.4 Å². The van der Waals surface area contributed by atoms with Crippen molar-refractivity contribution in [1.82, 2.24) is 5.32 Å². The zero-order chi connectivity index (χ0) is 15.0. The van der Waals surface area contributed by atoms with Crippen molar-refractivity contribution in [1.29, 1.82) is 0 Å². The Bertz CT molecular complexity index is 388. The molecule has 0 saturated heterocycles. The maximum atomic E-state index is 12.8. The van der Waals surface area contributed by atoms with Gasteiger partial charge in [-0.05, 0) is 37.1 Å². The summed E-state index contributed by atoms with van der Waals surface area (Å²) < 4.78 is 38.3. The van der Waals surface area contributed by atoms with Crippen LogP contribution in [0.2, 0.25) is 0 Å². The van der Waals surface area contributed by atoms with Crippen molar-refractivity contribution in [3.8, 4) is 0 Å². The van der Waals surface area contributed by atoms with E-state index >= 15 is 0 Å². The average molecular weight is 287 g/mol. The zero-order valence-corrected chi connectivity index (χ0v) is 12.3. The maximum Gasteiger partial charge on any atom is 0.416 e. The molecule has 1 atom stereocenters. The molecule has 0 radical (unpaired) electrons. The van der Waals surface area contributed by atoms with E-state index in [-0.39, 0.29) is 6.04 Å². The Kier molecular flexibility index (Phi) is 7.06. The molecular formula is C16H24F3N. The first-order chi connectivity index (χ1) is 9.49. The number of halogens is 3. The SMILES string of the molecule is CCCCCC(NCCC)c1cccc(C(F)(F)F)c1. The minimum atomic E-state index is -4.27. The summed E-state index contributed by atoms with van der Waals surface area (Å²) >= 11 is 0. The summed E-state index contributed by atoms with van der Waals surface area (Å²) in [7, 11) is 0. The molecule has 114 valence electrons. The number of rotatable bonds is 8. The van der Waals surface area contributed by atoms with Gasteiger partial charge in [0.05, 0.1) is 5.56 Å². The summed E-state index contributed by atoms with van der Waals surface area (Å²) in [6.45, 7) is 5.01. The Morgan fingerprint density at radius 1 is 1.10 bits per heavy atom. The van der Waals surface area contributed by atoms with Crippen molar-refractivity contribution in [2.75, 3.05) is 6.54 Å². The second kappa shape index (κ2) is 8.30. The minimum Gasteiger partial charge on any atom is -0.310 e. The van der Waals surface area contributed by atoms with Crippen LogP contribution in [0.25, 0.3) is 0 Å². The highest BCUT2D eigenvalue weighted by Crippen LogP contribution is 2.31. The molecule has 1 rings (SSSR count). The van der Waals surface area contributed by atoms with E-state index in [2.05, 4.69) is 19.2 Å². The molecule has 0 aliphatic heterocycles. The average Bonchev–Trinajstić information content (AvgIpc) is 2.42. The third-order valence-corrected chi connectivity index (χ3v) is 3.35. The van der Waals surface area contributed by atoms with Gasteiger partial charge < -0.3 is 5.32 Å². The van der Waals surface area contributed by atoms with Crippen LogP contribution in [0.1, 0.15) is 63.1 Å². The topological polar surface area (TPSA) is 12.0 Å². The lowest BCUT2D eigenvalue weighted by atomic mass is 9.98. The molecule has 0 amide bonds. The molecule has 1 aromatic rings. The fourth-order valence-electron chi connectivity index (χ4n) is 2.24. The monoisotopic (exact) mass is 287 g/mol. The van der Waals surface area contributed by atoms with Crippen LogP contribution in [0.3, 0.4) is 0 Å². The van der Waals surface area contributed by atoms with Crippen molar-refractivity contribution in [2.24, 2.45) is 0 Å². The molecule has 0 bridgehead atoms. The summed E-state index contributed by atoms with van der Waals surface area (Å²) in [4.78, 5) is 0. The molecule has 0 fully saturated rings. The molecule has 0 aliphatic carbocycles. The standard InChI is InChI=1S/C16H24F3N/c1-3-5-6-10-15(20-11-4-2)13-8-7-9-14(12-13)16(17,18)19/h7-9,12,15,20H,3-6,10-11H2,1-2H3. The normalized spacial score (nSPS) is 13.4. The van der Waals surface area contributed by atoms with Gasteiger partial charge in [0.25, 0.3) is 0 Å². The molecule has 4 heteroatoms. The van der Waals surface area contributed by atoms with E-state index in [1.54, 1.807) is 6.07 Å². The van der Waals surface area contributed by atoms with Crippen LogP contribution in [0.4, 0.5) is 13.2 Å². The van der Waals surface area contributed by atoms with Crippen molar-refractivity contribution in [3.63, 3.8) is 0 Å². The molecule has 1 nitrogen and oxygen atoms in total. The lowest BCUT2D eigenvalue weighted by Crippen LogP contribution is -2.22. The fraction of sp³-hybridized carbons (Fsp3) is 0.625. The minimum absolute atomic E-state index is 0.0174. The second-order valence-electron chi connectivity index (χ2n) is 5.13. The van der Waals surface area contributed by atoms with Crippen LogP contribution in [0.5, 0.6) is 0 Å². The van der Waals surface area contributed by atoms with Crippen LogP contribution in [0, 0.1) is 0 Å². The van der Waals surface area contributed by atoms with Gasteiger partial charge in [0.2, 0.25) is 0 Å². The van der Waals surface area contributed by atoms with E-state index in [4.69, 9.17) is 0 Å². The van der Waals surface area contributed by atoms with Gasteiger partial charge in [-0.3, -0.25) is 0 Å². The molecule has 1 unspecified atom stereocenters.